The third kappa shape index (κ3) is 2.62. The SMILES string of the molecule is CNC(Cc1cccc2ccccc12)c1ccc(C)s1. The number of hydrogen-bond donors (Lipinski definition) is 1. The molecule has 3 aromatic rings. The van der Waals surface area contributed by atoms with Gasteiger partial charge in [0, 0.05) is 15.8 Å². The highest BCUT2D eigenvalue weighted by molar-refractivity contribution is 7.12. The molecule has 0 spiro atoms. The molecular weight excluding hydrogens is 262 g/mol. The molecule has 1 N–H and O–H groups in total. The van der Waals surface area contributed by atoms with Gasteiger partial charge in [-0.3, -0.25) is 0 Å². The molecule has 1 aromatic heterocycles. The zero-order valence-electron chi connectivity index (χ0n) is 11.9. The Labute approximate surface area is 124 Å². The number of aryl methyl sites for hydroxylation is 1. The molecule has 2 aromatic carbocycles. The molecule has 2 heteroatoms. The summed E-state index contributed by atoms with van der Waals surface area (Å²) in [5, 5.41) is 6.14. The first kappa shape index (κ1) is 13.3. The maximum Gasteiger partial charge on any atom is 0.0453 e. The second kappa shape index (κ2) is 5.78. The number of rotatable bonds is 4. The van der Waals surface area contributed by atoms with Crippen molar-refractivity contribution in [1.29, 1.82) is 0 Å². The molecule has 0 aliphatic rings. The van der Waals surface area contributed by atoms with E-state index < -0.39 is 0 Å². The van der Waals surface area contributed by atoms with Crippen LogP contribution in [0.1, 0.15) is 21.4 Å². The summed E-state index contributed by atoms with van der Waals surface area (Å²) in [7, 11) is 2.05. The van der Waals surface area contributed by atoms with Crippen LogP contribution in [0.4, 0.5) is 0 Å². The Morgan fingerprint density at radius 1 is 1.00 bits per heavy atom. The van der Waals surface area contributed by atoms with Crippen LogP contribution < -0.4 is 5.32 Å². The standard InChI is InChI=1S/C18H19NS/c1-13-10-11-18(20-13)17(19-2)12-15-8-5-7-14-6-3-4-9-16(14)15/h3-11,17,19H,12H2,1-2H3. The summed E-state index contributed by atoms with van der Waals surface area (Å²) >= 11 is 1.88. The van der Waals surface area contributed by atoms with Gasteiger partial charge in [0.25, 0.3) is 0 Å². The Morgan fingerprint density at radius 3 is 2.55 bits per heavy atom. The smallest absolute Gasteiger partial charge is 0.0453 e. The number of benzene rings is 2. The van der Waals surface area contributed by atoms with Crippen LogP contribution in [0.15, 0.2) is 54.6 Å². The lowest BCUT2D eigenvalue weighted by atomic mass is 9.98. The summed E-state index contributed by atoms with van der Waals surface area (Å²) in [5.74, 6) is 0. The van der Waals surface area contributed by atoms with Crippen LogP contribution in [0.2, 0.25) is 0 Å². The van der Waals surface area contributed by atoms with Crippen molar-refractivity contribution in [1.82, 2.24) is 5.32 Å². The van der Waals surface area contributed by atoms with E-state index in [4.69, 9.17) is 0 Å². The fourth-order valence-electron chi connectivity index (χ4n) is 2.68. The van der Waals surface area contributed by atoms with E-state index in [1.165, 1.54) is 26.1 Å². The summed E-state index contributed by atoms with van der Waals surface area (Å²) < 4.78 is 0. The van der Waals surface area contributed by atoms with Crippen LogP contribution in [-0.2, 0) is 6.42 Å². The molecule has 3 rings (SSSR count). The lowest BCUT2D eigenvalue weighted by Crippen LogP contribution is -2.17. The van der Waals surface area contributed by atoms with Crippen LogP contribution in [-0.4, -0.2) is 7.05 Å². The van der Waals surface area contributed by atoms with E-state index >= 15 is 0 Å². The second-order valence-electron chi connectivity index (χ2n) is 5.13. The van der Waals surface area contributed by atoms with Crippen LogP contribution >= 0.6 is 11.3 Å². The van der Waals surface area contributed by atoms with Crippen molar-refractivity contribution >= 4 is 22.1 Å². The Kier molecular flexibility index (Phi) is 3.86. The first-order chi connectivity index (χ1) is 9.78. The number of thiophene rings is 1. The van der Waals surface area contributed by atoms with Gasteiger partial charge in [0.15, 0.2) is 0 Å². The van der Waals surface area contributed by atoms with E-state index in [-0.39, 0.29) is 0 Å². The molecule has 102 valence electrons. The number of hydrogen-bond acceptors (Lipinski definition) is 2. The Hall–Kier alpha value is -1.64. The average molecular weight is 281 g/mol. The molecule has 0 bridgehead atoms. The first-order valence-corrected chi connectivity index (χ1v) is 7.80. The van der Waals surface area contributed by atoms with Crippen molar-refractivity contribution in [2.75, 3.05) is 7.05 Å². The van der Waals surface area contributed by atoms with Gasteiger partial charge in [-0.15, -0.1) is 11.3 Å². The van der Waals surface area contributed by atoms with Gasteiger partial charge in [-0.2, -0.15) is 0 Å². The van der Waals surface area contributed by atoms with Crippen LogP contribution in [0.5, 0.6) is 0 Å². The van der Waals surface area contributed by atoms with Gasteiger partial charge in [-0.1, -0.05) is 42.5 Å². The van der Waals surface area contributed by atoms with Gasteiger partial charge < -0.3 is 5.32 Å². The summed E-state index contributed by atoms with van der Waals surface area (Å²) in [4.78, 5) is 2.79. The van der Waals surface area contributed by atoms with Crippen molar-refractivity contribution in [3.05, 3.63) is 69.9 Å². The molecule has 1 unspecified atom stereocenters. The topological polar surface area (TPSA) is 12.0 Å². The highest BCUT2D eigenvalue weighted by atomic mass is 32.1. The molecule has 0 aliphatic heterocycles. The van der Waals surface area contributed by atoms with Crippen molar-refractivity contribution in [3.8, 4) is 0 Å². The van der Waals surface area contributed by atoms with Crippen molar-refractivity contribution in [2.24, 2.45) is 0 Å². The second-order valence-corrected chi connectivity index (χ2v) is 6.45. The summed E-state index contributed by atoms with van der Waals surface area (Å²) in [6.45, 7) is 2.17. The Balaban J connectivity index is 1.95. The predicted octanol–water partition coefficient (Wildman–Crippen LogP) is 4.71. The lowest BCUT2D eigenvalue weighted by molar-refractivity contribution is 0.604. The molecule has 20 heavy (non-hydrogen) atoms. The molecule has 0 radical (unpaired) electrons. The minimum absolute atomic E-state index is 0.388. The highest BCUT2D eigenvalue weighted by Crippen LogP contribution is 2.28. The molecule has 0 saturated carbocycles. The van der Waals surface area contributed by atoms with Crippen LogP contribution in [0, 0.1) is 6.92 Å². The molecule has 0 saturated heterocycles. The maximum atomic E-state index is 3.46. The van der Waals surface area contributed by atoms with E-state index in [0.717, 1.165) is 6.42 Å². The molecule has 0 amide bonds. The molecule has 1 heterocycles. The van der Waals surface area contributed by atoms with Gasteiger partial charge >= 0.3 is 0 Å². The predicted molar refractivity (Wildman–Crippen MR) is 88.5 cm³/mol. The van der Waals surface area contributed by atoms with Gasteiger partial charge in [-0.05, 0) is 48.9 Å². The van der Waals surface area contributed by atoms with Crippen molar-refractivity contribution in [2.45, 2.75) is 19.4 Å². The summed E-state index contributed by atoms with van der Waals surface area (Å²) in [6, 6.07) is 20.0. The van der Waals surface area contributed by atoms with Gasteiger partial charge in [0.1, 0.15) is 0 Å². The molecule has 0 fully saturated rings. The Bertz CT molecular complexity index is 709. The third-order valence-corrected chi connectivity index (χ3v) is 4.87. The Morgan fingerprint density at radius 2 is 1.80 bits per heavy atom. The molecular formula is C18H19NS. The fourth-order valence-corrected chi connectivity index (χ4v) is 3.66. The minimum Gasteiger partial charge on any atom is -0.312 e. The zero-order chi connectivity index (χ0) is 13.9. The van der Waals surface area contributed by atoms with Crippen molar-refractivity contribution < 1.29 is 0 Å². The largest absolute Gasteiger partial charge is 0.312 e. The van der Waals surface area contributed by atoms with Crippen LogP contribution in [0.3, 0.4) is 0 Å². The van der Waals surface area contributed by atoms with Gasteiger partial charge in [-0.25, -0.2) is 0 Å². The lowest BCUT2D eigenvalue weighted by Gasteiger charge is -2.16. The monoisotopic (exact) mass is 281 g/mol. The molecule has 1 atom stereocenters. The van der Waals surface area contributed by atoms with E-state index in [0.29, 0.717) is 6.04 Å². The minimum atomic E-state index is 0.388. The van der Waals surface area contributed by atoms with E-state index in [1.807, 2.05) is 18.4 Å². The molecule has 0 aliphatic carbocycles. The van der Waals surface area contributed by atoms with Gasteiger partial charge in [0.2, 0.25) is 0 Å². The highest BCUT2D eigenvalue weighted by Gasteiger charge is 2.13. The van der Waals surface area contributed by atoms with E-state index in [2.05, 4.69) is 66.8 Å². The summed E-state index contributed by atoms with van der Waals surface area (Å²) in [6.07, 6.45) is 1.03. The maximum absolute atomic E-state index is 3.46. The first-order valence-electron chi connectivity index (χ1n) is 6.98. The molecule has 1 nitrogen and oxygen atoms in total. The van der Waals surface area contributed by atoms with Crippen LogP contribution in [0.25, 0.3) is 10.8 Å². The van der Waals surface area contributed by atoms with Gasteiger partial charge in [0.05, 0.1) is 0 Å². The number of nitrogens with one attached hydrogen (secondary N) is 1. The average Bonchev–Trinajstić information content (AvgIpc) is 2.91. The van der Waals surface area contributed by atoms with E-state index in [9.17, 15) is 0 Å². The third-order valence-electron chi connectivity index (χ3n) is 3.76. The quantitative estimate of drug-likeness (QED) is 0.730. The number of likely N-dealkylation sites (N-methyl/N-ethyl adjacent to an activating group) is 1. The fraction of sp³-hybridized carbons (Fsp3) is 0.222. The normalized spacial score (nSPS) is 12.7. The zero-order valence-corrected chi connectivity index (χ0v) is 12.7. The number of fused-ring (bicyclic) bond motifs is 1. The summed E-state index contributed by atoms with van der Waals surface area (Å²) in [5.41, 5.74) is 1.41. The van der Waals surface area contributed by atoms with Crippen molar-refractivity contribution in [3.63, 3.8) is 0 Å². The van der Waals surface area contributed by atoms with E-state index in [1.54, 1.807) is 0 Å².